The van der Waals surface area contributed by atoms with Crippen LogP contribution in [0.4, 0.5) is 0 Å². The van der Waals surface area contributed by atoms with Gasteiger partial charge in [0, 0.05) is 50.4 Å². The van der Waals surface area contributed by atoms with E-state index in [1.807, 2.05) is 4.90 Å². The van der Waals surface area contributed by atoms with Gasteiger partial charge in [0.25, 0.3) is 5.91 Å². The molecular formula is C16H25N3O2. The molecule has 116 valence electrons. The van der Waals surface area contributed by atoms with Crippen molar-refractivity contribution in [3.05, 3.63) is 29.3 Å². The molecule has 0 saturated carbocycles. The molecule has 1 fully saturated rings. The summed E-state index contributed by atoms with van der Waals surface area (Å²) < 4.78 is 0. The second kappa shape index (κ2) is 6.91. The zero-order valence-corrected chi connectivity index (χ0v) is 13.2. The minimum atomic E-state index is 0.0238. The normalized spacial score (nSPS) is 16.5. The number of nitrogens with zero attached hydrogens (tertiary/aromatic N) is 3. The molecular weight excluding hydrogens is 266 g/mol. The Hall–Kier alpha value is -1.59. The van der Waals surface area contributed by atoms with Crippen LogP contribution in [0.3, 0.4) is 0 Å². The van der Waals surface area contributed by atoms with Crippen molar-refractivity contribution in [2.75, 3.05) is 53.4 Å². The molecule has 5 heteroatoms. The van der Waals surface area contributed by atoms with Crippen molar-refractivity contribution in [3.8, 4) is 5.75 Å². The summed E-state index contributed by atoms with van der Waals surface area (Å²) in [5.41, 5.74) is 1.27. The summed E-state index contributed by atoms with van der Waals surface area (Å²) in [6.07, 6.45) is 0. The molecule has 1 saturated heterocycles. The lowest BCUT2D eigenvalue weighted by Gasteiger charge is -2.35. The van der Waals surface area contributed by atoms with Crippen molar-refractivity contribution in [2.24, 2.45) is 0 Å². The largest absolute Gasteiger partial charge is 0.508 e. The van der Waals surface area contributed by atoms with Crippen molar-refractivity contribution in [1.29, 1.82) is 0 Å². The molecule has 0 aromatic heterocycles. The van der Waals surface area contributed by atoms with Gasteiger partial charge in [-0.15, -0.1) is 0 Å². The van der Waals surface area contributed by atoms with E-state index in [0.29, 0.717) is 11.1 Å². The summed E-state index contributed by atoms with van der Waals surface area (Å²) >= 11 is 0. The number of hydrogen-bond acceptors (Lipinski definition) is 4. The summed E-state index contributed by atoms with van der Waals surface area (Å²) in [6, 6.07) is 5.13. The number of phenolic OH excluding ortho intramolecular Hbond substituents is 1. The second-order valence-corrected chi connectivity index (χ2v) is 5.89. The van der Waals surface area contributed by atoms with E-state index in [4.69, 9.17) is 0 Å². The number of aromatic hydroxyl groups is 1. The molecule has 0 spiro atoms. The third-order valence-electron chi connectivity index (χ3n) is 4.06. The predicted molar refractivity (Wildman–Crippen MR) is 83.7 cm³/mol. The Morgan fingerprint density at radius 3 is 2.52 bits per heavy atom. The number of hydrogen-bond donors (Lipinski definition) is 1. The molecule has 1 aromatic rings. The minimum Gasteiger partial charge on any atom is -0.508 e. The number of piperazine rings is 1. The van der Waals surface area contributed by atoms with Crippen LogP contribution in [-0.2, 0) is 0 Å². The van der Waals surface area contributed by atoms with Gasteiger partial charge in [-0.2, -0.15) is 0 Å². The number of carbonyl (C=O) groups excluding carboxylic acids is 1. The van der Waals surface area contributed by atoms with E-state index >= 15 is 0 Å². The minimum absolute atomic E-state index is 0.0238. The first-order valence-electron chi connectivity index (χ1n) is 7.44. The van der Waals surface area contributed by atoms with Gasteiger partial charge in [-0.1, -0.05) is 6.07 Å². The number of carbonyl (C=O) groups is 1. The van der Waals surface area contributed by atoms with Crippen LogP contribution in [0, 0.1) is 6.92 Å². The topological polar surface area (TPSA) is 47.0 Å². The zero-order valence-electron chi connectivity index (χ0n) is 13.2. The van der Waals surface area contributed by atoms with Crippen molar-refractivity contribution in [1.82, 2.24) is 14.7 Å². The van der Waals surface area contributed by atoms with Crippen LogP contribution >= 0.6 is 0 Å². The summed E-state index contributed by atoms with van der Waals surface area (Å²) in [7, 11) is 4.15. The fourth-order valence-electron chi connectivity index (χ4n) is 2.54. The molecule has 1 aliphatic rings. The van der Waals surface area contributed by atoms with E-state index in [9.17, 15) is 9.90 Å². The highest BCUT2D eigenvalue weighted by Crippen LogP contribution is 2.21. The van der Waals surface area contributed by atoms with Crippen molar-refractivity contribution in [2.45, 2.75) is 6.92 Å². The smallest absolute Gasteiger partial charge is 0.254 e. The van der Waals surface area contributed by atoms with E-state index in [2.05, 4.69) is 23.9 Å². The molecule has 1 heterocycles. The fraction of sp³-hybridized carbons (Fsp3) is 0.562. The summed E-state index contributed by atoms with van der Waals surface area (Å²) in [5.74, 6) is 0.209. The molecule has 0 atom stereocenters. The van der Waals surface area contributed by atoms with Gasteiger partial charge in [0.1, 0.15) is 5.75 Å². The number of phenols is 1. The van der Waals surface area contributed by atoms with Gasteiger partial charge in [0.05, 0.1) is 0 Å². The summed E-state index contributed by atoms with van der Waals surface area (Å²) in [4.78, 5) is 19.0. The van der Waals surface area contributed by atoms with E-state index in [1.165, 1.54) is 0 Å². The monoisotopic (exact) mass is 291 g/mol. The Bertz CT molecular complexity index is 494. The van der Waals surface area contributed by atoms with Crippen molar-refractivity contribution in [3.63, 3.8) is 0 Å². The van der Waals surface area contributed by atoms with Gasteiger partial charge < -0.3 is 14.9 Å². The summed E-state index contributed by atoms with van der Waals surface area (Å²) in [6.45, 7) is 7.20. The zero-order chi connectivity index (χ0) is 15.4. The van der Waals surface area contributed by atoms with Crippen LogP contribution in [0.15, 0.2) is 18.2 Å². The van der Waals surface area contributed by atoms with Gasteiger partial charge >= 0.3 is 0 Å². The molecule has 21 heavy (non-hydrogen) atoms. The lowest BCUT2D eigenvalue weighted by molar-refractivity contribution is 0.0628. The van der Waals surface area contributed by atoms with Crippen molar-refractivity contribution < 1.29 is 9.90 Å². The lowest BCUT2D eigenvalue weighted by Crippen LogP contribution is -2.50. The molecule has 1 aromatic carbocycles. The molecule has 0 aliphatic carbocycles. The first-order chi connectivity index (χ1) is 9.99. The van der Waals surface area contributed by atoms with Gasteiger partial charge in [-0.05, 0) is 33.2 Å². The Labute approximate surface area is 126 Å². The Balaban J connectivity index is 1.93. The van der Waals surface area contributed by atoms with Crippen LogP contribution in [0.5, 0.6) is 5.75 Å². The van der Waals surface area contributed by atoms with Gasteiger partial charge in [-0.3, -0.25) is 9.69 Å². The first kappa shape index (κ1) is 15.8. The maximum Gasteiger partial charge on any atom is 0.254 e. The fourth-order valence-corrected chi connectivity index (χ4v) is 2.54. The molecule has 5 nitrogen and oxygen atoms in total. The maximum atomic E-state index is 12.5. The number of rotatable bonds is 4. The predicted octanol–water partition coefficient (Wildman–Crippen LogP) is 1.02. The van der Waals surface area contributed by atoms with E-state index < -0.39 is 0 Å². The van der Waals surface area contributed by atoms with E-state index in [1.54, 1.807) is 25.1 Å². The highest BCUT2D eigenvalue weighted by Gasteiger charge is 2.23. The van der Waals surface area contributed by atoms with Gasteiger partial charge in [0.2, 0.25) is 0 Å². The standard InChI is InChI=1S/C16H25N3O2/c1-13-14(5-4-6-15(13)20)16(21)19-11-9-18(10-12-19)8-7-17(2)3/h4-6,20H,7-12H2,1-3H3. The molecule has 0 radical (unpaired) electrons. The maximum absolute atomic E-state index is 12.5. The van der Waals surface area contributed by atoms with Crippen molar-refractivity contribution >= 4 is 5.91 Å². The third kappa shape index (κ3) is 3.95. The van der Waals surface area contributed by atoms with Crippen LogP contribution < -0.4 is 0 Å². The van der Waals surface area contributed by atoms with Gasteiger partial charge in [-0.25, -0.2) is 0 Å². The number of amides is 1. The average molecular weight is 291 g/mol. The molecule has 1 N–H and O–H groups in total. The highest BCUT2D eigenvalue weighted by molar-refractivity contribution is 5.96. The molecule has 0 bridgehead atoms. The van der Waals surface area contributed by atoms with Crippen LogP contribution in [-0.4, -0.2) is 79.1 Å². The Kier molecular flexibility index (Phi) is 5.20. The molecule has 1 aliphatic heterocycles. The van der Waals surface area contributed by atoms with Gasteiger partial charge in [0.15, 0.2) is 0 Å². The van der Waals surface area contributed by atoms with E-state index in [-0.39, 0.29) is 11.7 Å². The molecule has 2 rings (SSSR count). The third-order valence-corrected chi connectivity index (χ3v) is 4.06. The van der Waals surface area contributed by atoms with Crippen LogP contribution in [0.2, 0.25) is 0 Å². The SMILES string of the molecule is Cc1c(O)cccc1C(=O)N1CCN(CCN(C)C)CC1. The lowest BCUT2D eigenvalue weighted by atomic mass is 10.1. The number of benzene rings is 1. The molecule has 0 unspecified atom stereocenters. The number of likely N-dealkylation sites (N-methyl/N-ethyl adjacent to an activating group) is 1. The second-order valence-electron chi connectivity index (χ2n) is 5.89. The quantitative estimate of drug-likeness (QED) is 0.900. The first-order valence-corrected chi connectivity index (χ1v) is 7.44. The van der Waals surface area contributed by atoms with Crippen LogP contribution in [0.1, 0.15) is 15.9 Å². The van der Waals surface area contributed by atoms with E-state index in [0.717, 1.165) is 39.3 Å². The summed E-state index contributed by atoms with van der Waals surface area (Å²) in [5, 5.41) is 9.73. The van der Waals surface area contributed by atoms with Crippen LogP contribution in [0.25, 0.3) is 0 Å². The molecule has 1 amide bonds. The highest BCUT2D eigenvalue weighted by atomic mass is 16.3. The Morgan fingerprint density at radius 2 is 1.90 bits per heavy atom. The Morgan fingerprint density at radius 1 is 1.24 bits per heavy atom. The average Bonchev–Trinajstić information content (AvgIpc) is 2.48.